The van der Waals surface area contributed by atoms with E-state index < -0.39 is 5.97 Å². The maximum atomic E-state index is 11.9. The van der Waals surface area contributed by atoms with Gasteiger partial charge in [-0.25, -0.2) is 4.79 Å². The van der Waals surface area contributed by atoms with E-state index in [9.17, 15) is 9.59 Å². The lowest BCUT2D eigenvalue weighted by atomic mass is 10.1. The first kappa shape index (κ1) is 17.1. The van der Waals surface area contributed by atoms with Gasteiger partial charge in [0, 0.05) is 20.2 Å². The summed E-state index contributed by atoms with van der Waals surface area (Å²) in [6.45, 7) is 3.37. The van der Waals surface area contributed by atoms with E-state index in [4.69, 9.17) is 9.84 Å². The number of ether oxygens (including phenoxy) is 1. The normalized spacial score (nSPS) is 12.2. The molecule has 1 aromatic rings. The van der Waals surface area contributed by atoms with Crippen LogP contribution < -0.4 is 5.32 Å². The zero-order valence-corrected chi connectivity index (χ0v) is 12.6. The molecule has 1 rings (SSSR count). The number of hydrogen-bond acceptors (Lipinski definition) is 4. The topological polar surface area (TPSA) is 78.9 Å². The van der Waals surface area contributed by atoms with Crippen LogP contribution in [-0.4, -0.2) is 55.2 Å². The number of likely N-dealkylation sites (N-methyl/N-ethyl adjacent to an activating group) is 1. The number of carbonyl (C=O) groups excluding carboxylic acids is 1. The first-order chi connectivity index (χ1) is 9.95. The van der Waals surface area contributed by atoms with E-state index in [0.29, 0.717) is 19.7 Å². The van der Waals surface area contributed by atoms with E-state index in [1.165, 1.54) is 0 Å². The second kappa shape index (κ2) is 8.39. The molecule has 0 aliphatic rings. The predicted octanol–water partition coefficient (Wildman–Crippen LogP) is 0.968. The molecule has 0 saturated heterocycles. The molecule has 0 bridgehead atoms. The largest absolute Gasteiger partial charge is 0.478 e. The quantitative estimate of drug-likeness (QED) is 0.698. The summed E-state index contributed by atoms with van der Waals surface area (Å²) in [5.74, 6) is -1.00. The molecular formula is C15H22N2O4. The van der Waals surface area contributed by atoms with Crippen molar-refractivity contribution >= 4 is 11.9 Å². The minimum absolute atomic E-state index is 0.0586. The van der Waals surface area contributed by atoms with Crippen LogP contribution in [0.25, 0.3) is 0 Å². The summed E-state index contributed by atoms with van der Waals surface area (Å²) in [4.78, 5) is 24.6. The molecule has 6 nitrogen and oxygen atoms in total. The summed E-state index contributed by atoms with van der Waals surface area (Å²) >= 11 is 0. The number of benzene rings is 1. The van der Waals surface area contributed by atoms with Crippen LogP contribution in [0.1, 0.15) is 22.8 Å². The Morgan fingerprint density at radius 3 is 2.48 bits per heavy atom. The molecule has 0 spiro atoms. The first-order valence-corrected chi connectivity index (χ1v) is 6.74. The zero-order valence-electron chi connectivity index (χ0n) is 12.6. The Morgan fingerprint density at radius 1 is 1.33 bits per heavy atom. The molecule has 1 amide bonds. The summed E-state index contributed by atoms with van der Waals surface area (Å²) in [7, 11) is 3.44. The highest BCUT2D eigenvalue weighted by atomic mass is 16.5. The van der Waals surface area contributed by atoms with E-state index in [2.05, 4.69) is 5.32 Å². The van der Waals surface area contributed by atoms with Crippen LogP contribution in [0.2, 0.25) is 0 Å². The van der Waals surface area contributed by atoms with Crippen LogP contribution in [0.4, 0.5) is 0 Å². The zero-order chi connectivity index (χ0) is 15.8. The standard InChI is InChI=1S/C15H22N2O4/c1-11(14(18)16-8-9-21-3)17(2)10-12-4-6-13(7-5-12)15(19)20/h4-7,11H,8-10H2,1-3H3,(H,16,18)(H,19,20). The Morgan fingerprint density at radius 2 is 1.95 bits per heavy atom. The predicted molar refractivity (Wildman–Crippen MR) is 79.2 cm³/mol. The number of methoxy groups -OCH3 is 1. The number of hydrogen-bond donors (Lipinski definition) is 2. The second-order valence-corrected chi connectivity index (χ2v) is 4.88. The summed E-state index contributed by atoms with van der Waals surface area (Å²) in [6, 6.07) is 6.37. The summed E-state index contributed by atoms with van der Waals surface area (Å²) in [5.41, 5.74) is 1.21. The molecule has 0 aliphatic carbocycles. The van der Waals surface area contributed by atoms with Crippen molar-refractivity contribution in [2.45, 2.75) is 19.5 Å². The molecule has 2 N–H and O–H groups in total. The molecule has 0 heterocycles. The lowest BCUT2D eigenvalue weighted by Gasteiger charge is -2.24. The number of carbonyl (C=O) groups is 2. The van der Waals surface area contributed by atoms with E-state index in [1.807, 2.05) is 18.9 Å². The van der Waals surface area contributed by atoms with Crippen LogP contribution in [0, 0.1) is 0 Å². The van der Waals surface area contributed by atoms with Crippen molar-refractivity contribution in [1.82, 2.24) is 10.2 Å². The third kappa shape index (κ3) is 5.53. The molecule has 0 aromatic heterocycles. The van der Waals surface area contributed by atoms with Gasteiger partial charge in [0.1, 0.15) is 0 Å². The number of aromatic carboxylic acids is 1. The highest BCUT2D eigenvalue weighted by molar-refractivity contribution is 5.87. The average molecular weight is 294 g/mol. The van der Waals surface area contributed by atoms with Gasteiger partial charge in [0.2, 0.25) is 5.91 Å². The van der Waals surface area contributed by atoms with Gasteiger partial charge >= 0.3 is 5.97 Å². The number of amides is 1. The van der Waals surface area contributed by atoms with Gasteiger partial charge in [0.05, 0.1) is 18.2 Å². The average Bonchev–Trinajstić information content (AvgIpc) is 2.47. The smallest absolute Gasteiger partial charge is 0.335 e. The van der Waals surface area contributed by atoms with Crippen molar-refractivity contribution in [2.75, 3.05) is 27.3 Å². The highest BCUT2D eigenvalue weighted by Crippen LogP contribution is 2.09. The van der Waals surface area contributed by atoms with Crippen LogP contribution in [0.3, 0.4) is 0 Å². The van der Waals surface area contributed by atoms with Gasteiger partial charge in [-0.3, -0.25) is 9.69 Å². The van der Waals surface area contributed by atoms with Crippen LogP contribution in [0.15, 0.2) is 24.3 Å². The number of nitrogens with one attached hydrogen (secondary N) is 1. The number of carboxylic acids is 1. The molecule has 1 unspecified atom stereocenters. The maximum absolute atomic E-state index is 11.9. The fraction of sp³-hybridized carbons (Fsp3) is 0.467. The van der Waals surface area contributed by atoms with Gasteiger partial charge in [-0.2, -0.15) is 0 Å². The van der Waals surface area contributed by atoms with Crippen molar-refractivity contribution in [3.05, 3.63) is 35.4 Å². The van der Waals surface area contributed by atoms with Gasteiger partial charge < -0.3 is 15.2 Å². The van der Waals surface area contributed by atoms with Crippen molar-refractivity contribution in [3.63, 3.8) is 0 Å². The molecule has 1 aromatic carbocycles. The SMILES string of the molecule is COCCNC(=O)C(C)N(C)Cc1ccc(C(=O)O)cc1. The fourth-order valence-corrected chi connectivity index (χ4v) is 1.80. The monoisotopic (exact) mass is 294 g/mol. The third-order valence-electron chi connectivity index (χ3n) is 3.28. The van der Waals surface area contributed by atoms with Gasteiger partial charge in [0.25, 0.3) is 0 Å². The number of nitrogens with zero attached hydrogens (tertiary/aromatic N) is 1. The van der Waals surface area contributed by atoms with Gasteiger partial charge in [-0.05, 0) is 31.7 Å². The van der Waals surface area contributed by atoms with Crippen molar-refractivity contribution in [2.24, 2.45) is 0 Å². The summed E-state index contributed by atoms with van der Waals surface area (Å²) in [5, 5.41) is 11.6. The first-order valence-electron chi connectivity index (χ1n) is 6.74. The molecule has 0 aliphatic heterocycles. The van der Waals surface area contributed by atoms with Crippen molar-refractivity contribution in [3.8, 4) is 0 Å². The molecular weight excluding hydrogens is 272 g/mol. The lowest BCUT2D eigenvalue weighted by Crippen LogP contribution is -2.43. The van der Waals surface area contributed by atoms with E-state index in [-0.39, 0.29) is 17.5 Å². The van der Waals surface area contributed by atoms with E-state index in [1.54, 1.807) is 31.4 Å². The summed E-state index contributed by atoms with van der Waals surface area (Å²) < 4.78 is 4.88. The number of carboxylic acid groups (broad SMARTS) is 1. The maximum Gasteiger partial charge on any atom is 0.335 e. The van der Waals surface area contributed by atoms with Crippen molar-refractivity contribution < 1.29 is 19.4 Å². The number of rotatable bonds is 8. The minimum Gasteiger partial charge on any atom is -0.478 e. The van der Waals surface area contributed by atoms with E-state index >= 15 is 0 Å². The molecule has 0 saturated carbocycles. The molecule has 0 radical (unpaired) electrons. The Balaban J connectivity index is 2.53. The molecule has 21 heavy (non-hydrogen) atoms. The molecule has 1 atom stereocenters. The Hall–Kier alpha value is -1.92. The van der Waals surface area contributed by atoms with Crippen LogP contribution >= 0.6 is 0 Å². The van der Waals surface area contributed by atoms with Crippen molar-refractivity contribution in [1.29, 1.82) is 0 Å². The highest BCUT2D eigenvalue weighted by Gasteiger charge is 2.17. The fourth-order valence-electron chi connectivity index (χ4n) is 1.80. The second-order valence-electron chi connectivity index (χ2n) is 4.88. The third-order valence-corrected chi connectivity index (χ3v) is 3.28. The van der Waals surface area contributed by atoms with Gasteiger partial charge in [-0.15, -0.1) is 0 Å². The van der Waals surface area contributed by atoms with Crippen LogP contribution in [0.5, 0.6) is 0 Å². The van der Waals surface area contributed by atoms with Gasteiger partial charge in [0.15, 0.2) is 0 Å². The lowest BCUT2D eigenvalue weighted by molar-refractivity contribution is -0.125. The Kier molecular flexibility index (Phi) is 6.84. The van der Waals surface area contributed by atoms with E-state index in [0.717, 1.165) is 5.56 Å². The minimum atomic E-state index is -0.944. The van der Waals surface area contributed by atoms with Crippen LogP contribution in [-0.2, 0) is 16.1 Å². The molecule has 0 fully saturated rings. The Bertz CT molecular complexity index is 473. The Labute approximate surface area is 124 Å². The van der Waals surface area contributed by atoms with Gasteiger partial charge in [-0.1, -0.05) is 12.1 Å². The molecule has 116 valence electrons. The molecule has 6 heteroatoms. The summed E-state index contributed by atoms with van der Waals surface area (Å²) in [6.07, 6.45) is 0.